The van der Waals surface area contributed by atoms with Crippen molar-refractivity contribution in [2.75, 3.05) is 0 Å². The van der Waals surface area contributed by atoms with Crippen molar-refractivity contribution in [3.05, 3.63) is 23.3 Å². The summed E-state index contributed by atoms with van der Waals surface area (Å²) in [5.74, 6) is -4.42. The zero-order valence-corrected chi connectivity index (χ0v) is 20.8. The van der Waals surface area contributed by atoms with Crippen LogP contribution in [0.3, 0.4) is 0 Å². The quantitative estimate of drug-likeness (QED) is 0.250. The van der Waals surface area contributed by atoms with Crippen molar-refractivity contribution >= 4 is 33.1 Å². The fourth-order valence-electron chi connectivity index (χ4n) is 3.34. The predicted octanol–water partition coefficient (Wildman–Crippen LogP) is 5.69. The number of carboxylic acid groups (broad SMARTS) is 2. The van der Waals surface area contributed by atoms with Gasteiger partial charge in [0.05, 0.1) is 11.8 Å². The molecule has 0 aromatic heterocycles. The Hall–Kier alpha value is -0.781. The topological polar surface area (TPSA) is 74.6 Å². The van der Waals surface area contributed by atoms with Crippen LogP contribution in [0.1, 0.15) is 67.2 Å². The van der Waals surface area contributed by atoms with Crippen molar-refractivity contribution in [3.63, 3.8) is 0 Å². The van der Waals surface area contributed by atoms with Crippen LogP contribution in [-0.4, -0.2) is 43.3 Å². The van der Waals surface area contributed by atoms with E-state index in [0.29, 0.717) is 0 Å². The molecule has 0 saturated heterocycles. The van der Waals surface area contributed by atoms with Gasteiger partial charge in [-0.2, -0.15) is 0 Å². The molecule has 5 heteroatoms. The summed E-state index contributed by atoms with van der Waals surface area (Å²) >= 11 is 0.149. The SMILES string of the molecule is CC(C)=CC1C=C(C)C(C)C(C(=O)O)C1C(=O)O.CCC[CH2][Sn][CH2]CCC. The number of carbonyl (C=O) groups is 2. The van der Waals surface area contributed by atoms with Gasteiger partial charge in [-0.05, 0) is 26.7 Å². The van der Waals surface area contributed by atoms with E-state index >= 15 is 0 Å². The number of carboxylic acids is 2. The maximum absolute atomic E-state index is 11.4. The third-order valence-corrected chi connectivity index (χ3v) is 9.06. The molecule has 0 fully saturated rings. The molecule has 0 aromatic rings. The van der Waals surface area contributed by atoms with Crippen LogP contribution in [0.2, 0.25) is 8.87 Å². The summed E-state index contributed by atoms with van der Waals surface area (Å²) in [6.45, 7) is 12.0. The first-order valence-corrected chi connectivity index (χ1v) is 14.2. The van der Waals surface area contributed by atoms with Gasteiger partial charge in [-0.3, -0.25) is 9.59 Å². The van der Waals surface area contributed by atoms with Gasteiger partial charge in [0.1, 0.15) is 0 Å². The van der Waals surface area contributed by atoms with Gasteiger partial charge >= 0.3 is 81.5 Å². The summed E-state index contributed by atoms with van der Waals surface area (Å²) in [5, 5.41) is 18.6. The van der Waals surface area contributed by atoms with Crippen LogP contribution in [0.5, 0.6) is 0 Å². The Kier molecular flexibility index (Phi) is 13.8. The average Bonchev–Trinajstić information content (AvgIpc) is 2.57. The first-order chi connectivity index (χ1) is 12.7. The Morgan fingerprint density at radius 1 is 1.04 bits per heavy atom. The van der Waals surface area contributed by atoms with E-state index in [1.54, 1.807) is 15.8 Å². The van der Waals surface area contributed by atoms with E-state index in [0.717, 1.165) is 11.1 Å². The minimum atomic E-state index is -1.04. The Labute approximate surface area is 175 Å². The number of rotatable bonds is 9. The molecule has 4 nitrogen and oxygen atoms in total. The van der Waals surface area contributed by atoms with Crippen LogP contribution in [0, 0.1) is 23.7 Å². The number of hydrogen-bond donors (Lipinski definition) is 2. The standard InChI is InChI=1S/C14H20O4.2C4H9.Sn/c1-7(2)5-10-6-8(3)9(4)11(13(15)16)12(10)14(17)18;2*1-3-4-2;/h5-6,9-12H,1-4H3,(H,15,16)(H,17,18);2*1,3-4H2,2H3;. The molecule has 4 unspecified atom stereocenters. The molecule has 0 saturated carbocycles. The molecule has 0 aromatic carbocycles. The molecule has 154 valence electrons. The zero-order valence-electron chi connectivity index (χ0n) is 17.9. The molecule has 2 N–H and O–H groups in total. The molecule has 0 bridgehead atoms. The minimum absolute atomic E-state index is 0.149. The molecule has 2 radical (unpaired) electrons. The summed E-state index contributed by atoms with van der Waals surface area (Å²) in [6, 6.07) is 0. The Morgan fingerprint density at radius 2 is 1.52 bits per heavy atom. The van der Waals surface area contributed by atoms with E-state index < -0.39 is 23.8 Å². The summed E-state index contributed by atoms with van der Waals surface area (Å²) in [7, 11) is 0. The number of hydrogen-bond acceptors (Lipinski definition) is 2. The van der Waals surface area contributed by atoms with E-state index in [1.807, 2.05) is 32.9 Å². The number of unbranched alkanes of at least 4 members (excludes halogenated alkanes) is 2. The van der Waals surface area contributed by atoms with Gasteiger partial charge < -0.3 is 10.2 Å². The van der Waals surface area contributed by atoms with Gasteiger partial charge in [0.15, 0.2) is 0 Å². The van der Waals surface area contributed by atoms with Crippen LogP contribution in [0.25, 0.3) is 0 Å². The zero-order chi connectivity index (χ0) is 21.0. The molecule has 0 spiro atoms. The summed E-state index contributed by atoms with van der Waals surface area (Å²) in [6.07, 6.45) is 9.56. The molecule has 27 heavy (non-hydrogen) atoms. The summed E-state index contributed by atoms with van der Waals surface area (Å²) in [4.78, 5) is 22.7. The van der Waals surface area contributed by atoms with Crippen LogP contribution >= 0.6 is 0 Å². The predicted molar refractivity (Wildman–Crippen MR) is 113 cm³/mol. The van der Waals surface area contributed by atoms with Gasteiger partial charge in [0.25, 0.3) is 0 Å². The fraction of sp³-hybridized carbons (Fsp3) is 0.727. The van der Waals surface area contributed by atoms with E-state index in [4.69, 9.17) is 0 Å². The second-order valence-electron chi connectivity index (χ2n) is 7.71. The molecule has 4 atom stereocenters. The van der Waals surface area contributed by atoms with Crippen molar-refractivity contribution in [2.24, 2.45) is 23.7 Å². The second-order valence-corrected chi connectivity index (χ2v) is 12.0. The van der Waals surface area contributed by atoms with Crippen molar-refractivity contribution in [2.45, 2.75) is 76.1 Å². The number of aliphatic carboxylic acids is 2. The van der Waals surface area contributed by atoms with Gasteiger partial charge in [-0.25, -0.2) is 0 Å². The van der Waals surface area contributed by atoms with E-state index in [9.17, 15) is 19.8 Å². The van der Waals surface area contributed by atoms with Crippen molar-refractivity contribution in [1.82, 2.24) is 0 Å². The monoisotopic (exact) mass is 486 g/mol. The van der Waals surface area contributed by atoms with Crippen molar-refractivity contribution < 1.29 is 19.8 Å². The van der Waals surface area contributed by atoms with Gasteiger partial charge in [-0.15, -0.1) is 0 Å². The Bertz CT molecular complexity index is 514. The van der Waals surface area contributed by atoms with Crippen molar-refractivity contribution in [3.8, 4) is 0 Å². The second kappa shape index (κ2) is 14.2. The first-order valence-electron chi connectivity index (χ1n) is 10.2. The van der Waals surface area contributed by atoms with Crippen LogP contribution in [0.4, 0.5) is 0 Å². The Balaban J connectivity index is 0.000000636. The van der Waals surface area contributed by atoms with Crippen molar-refractivity contribution in [1.29, 1.82) is 0 Å². The van der Waals surface area contributed by atoms with E-state index in [-0.39, 0.29) is 33.0 Å². The van der Waals surface area contributed by atoms with Crippen LogP contribution < -0.4 is 0 Å². The molecule has 1 rings (SSSR count). The molecule has 0 aliphatic heterocycles. The van der Waals surface area contributed by atoms with Crippen LogP contribution in [-0.2, 0) is 9.59 Å². The third-order valence-electron chi connectivity index (χ3n) is 5.02. The first kappa shape index (κ1) is 26.2. The summed E-state index contributed by atoms with van der Waals surface area (Å²) in [5.41, 5.74) is 1.94. The van der Waals surface area contributed by atoms with Gasteiger partial charge in [-0.1, -0.05) is 30.2 Å². The molecular formula is C22H38O4Sn. The average molecular weight is 485 g/mol. The van der Waals surface area contributed by atoms with E-state index in [1.165, 1.54) is 25.7 Å². The molecule has 0 amide bonds. The number of allylic oxidation sites excluding steroid dienone is 4. The van der Waals surface area contributed by atoms with Gasteiger partial charge in [0, 0.05) is 5.92 Å². The Morgan fingerprint density at radius 3 is 1.89 bits per heavy atom. The molecule has 0 heterocycles. The normalized spacial score (nSPS) is 24.3. The van der Waals surface area contributed by atoms with Crippen LogP contribution in [0.15, 0.2) is 23.3 Å². The van der Waals surface area contributed by atoms with Gasteiger partial charge in [0.2, 0.25) is 0 Å². The third kappa shape index (κ3) is 9.81. The summed E-state index contributed by atoms with van der Waals surface area (Å²) < 4.78 is 3.25. The molecular weight excluding hydrogens is 447 g/mol. The molecule has 1 aliphatic rings. The molecule has 1 aliphatic carbocycles. The fourth-order valence-corrected chi connectivity index (χ4v) is 7.50. The maximum atomic E-state index is 11.4. The van der Waals surface area contributed by atoms with E-state index in [2.05, 4.69) is 13.8 Å².